The van der Waals surface area contributed by atoms with Crippen LogP contribution < -0.4 is 33.4 Å². The number of likely N-dealkylation sites (N-methyl/N-ethyl adjacent to an activating group) is 1. The molecule has 0 aromatic heterocycles. The van der Waals surface area contributed by atoms with Gasteiger partial charge >= 0.3 is 5.97 Å². The zero-order valence-corrected chi connectivity index (χ0v) is 36.5. The highest BCUT2D eigenvalue weighted by molar-refractivity contribution is 6.74. The largest absolute Gasteiger partial charge is 0.544 e. The number of carbonyl (C=O) groups excluding carboxylic acids is 2. The number of rotatable bonds is 11. The zero-order valence-electron chi connectivity index (χ0n) is 35.5. The van der Waals surface area contributed by atoms with Gasteiger partial charge in [-0.1, -0.05) is 39.0 Å². The third kappa shape index (κ3) is 7.16. The van der Waals surface area contributed by atoms with Crippen molar-refractivity contribution < 1.29 is 42.4 Å². The van der Waals surface area contributed by atoms with Crippen molar-refractivity contribution in [3.05, 3.63) is 69.3 Å². The first kappa shape index (κ1) is 41.4. The topological polar surface area (TPSA) is 141 Å². The molecule has 1 amide bonds. The number of benzene rings is 3. The minimum atomic E-state index is -2.03. The number of fused-ring (bicyclic) bond motifs is 9. The van der Waals surface area contributed by atoms with Gasteiger partial charge in [-0.2, -0.15) is 5.26 Å². The molecule has 0 radical (unpaired) electrons. The van der Waals surface area contributed by atoms with Crippen LogP contribution in [0.1, 0.15) is 78.7 Å². The Kier molecular flexibility index (Phi) is 11.2. The van der Waals surface area contributed by atoms with E-state index in [0.29, 0.717) is 47.2 Å². The van der Waals surface area contributed by atoms with E-state index in [9.17, 15) is 14.9 Å². The molecule has 3 aromatic carbocycles. The third-order valence-electron chi connectivity index (χ3n) is 12.8. The Morgan fingerprint density at radius 2 is 1.71 bits per heavy atom. The van der Waals surface area contributed by atoms with Crippen LogP contribution in [0.3, 0.4) is 0 Å². The second-order valence-electron chi connectivity index (χ2n) is 17.4. The van der Waals surface area contributed by atoms with Crippen LogP contribution in [-0.4, -0.2) is 89.5 Å². The Bertz CT molecular complexity index is 2140. The highest BCUT2D eigenvalue weighted by Crippen LogP contribution is 2.58. The smallest absolute Gasteiger partial charge is 0.308 e. The monoisotopic (exact) mass is 812 g/mol. The van der Waals surface area contributed by atoms with Crippen LogP contribution in [0.25, 0.3) is 0 Å². The molecule has 7 rings (SSSR count). The fourth-order valence-electron chi connectivity index (χ4n) is 9.13. The van der Waals surface area contributed by atoms with Crippen molar-refractivity contribution in [3.8, 4) is 40.6 Å². The molecule has 1 N–H and O–H groups in total. The van der Waals surface area contributed by atoms with Crippen molar-refractivity contribution >= 4 is 20.2 Å². The molecule has 4 aliphatic heterocycles. The fraction of sp³-hybridized carbons (Fsp3) is 0.523. The quantitative estimate of drug-likeness (QED) is 0.0983. The average molecular weight is 813 g/mol. The molecule has 4 heterocycles. The lowest BCUT2D eigenvalue weighted by Crippen LogP contribution is -2.68. The number of nitriles is 1. The second kappa shape index (κ2) is 15.7. The van der Waals surface area contributed by atoms with Crippen molar-refractivity contribution in [1.29, 1.82) is 5.26 Å². The van der Waals surface area contributed by atoms with E-state index < -0.39 is 26.4 Å². The van der Waals surface area contributed by atoms with Gasteiger partial charge < -0.3 is 38.2 Å². The molecule has 5 atom stereocenters. The first-order valence-electron chi connectivity index (χ1n) is 19.9. The van der Waals surface area contributed by atoms with Crippen LogP contribution in [0.4, 0.5) is 0 Å². The van der Waals surface area contributed by atoms with Gasteiger partial charge in [-0.05, 0) is 80.7 Å². The van der Waals surface area contributed by atoms with Gasteiger partial charge in [-0.3, -0.25) is 19.4 Å². The second-order valence-corrected chi connectivity index (χ2v) is 22.1. The van der Waals surface area contributed by atoms with Crippen LogP contribution >= 0.6 is 0 Å². The summed E-state index contributed by atoms with van der Waals surface area (Å²) < 4.78 is 42.4. The molecule has 0 spiro atoms. The molecule has 0 aliphatic carbocycles. The van der Waals surface area contributed by atoms with E-state index in [4.69, 9.17) is 32.8 Å². The lowest BCUT2D eigenvalue weighted by Gasteiger charge is -2.60. The molecule has 14 heteroatoms. The first-order chi connectivity index (χ1) is 27.5. The summed E-state index contributed by atoms with van der Waals surface area (Å²) in [5, 5.41) is 14.4. The molecule has 13 nitrogen and oxygen atoms in total. The Hall–Kier alpha value is -4.81. The van der Waals surface area contributed by atoms with Gasteiger partial charge in [0, 0.05) is 54.9 Å². The maximum Gasteiger partial charge on any atom is 0.308 e. The van der Waals surface area contributed by atoms with Crippen molar-refractivity contribution in [2.45, 2.75) is 109 Å². The van der Waals surface area contributed by atoms with Gasteiger partial charge in [0.15, 0.2) is 29.8 Å². The lowest BCUT2D eigenvalue weighted by atomic mass is 9.71. The number of piperazine rings is 1. The Morgan fingerprint density at radius 3 is 2.34 bits per heavy atom. The molecule has 3 unspecified atom stereocenters. The normalized spacial score (nSPS) is 22.2. The van der Waals surface area contributed by atoms with E-state index in [1.54, 1.807) is 14.2 Å². The summed E-state index contributed by atoms with van der Waals surface area (Å²) in [6.45, 7) is 16.4. The number of carbonyl (C=O) groups is 2. The van der Waals surface area contributed by atoms with Gasteiger partial charge in [-0.25, -0.2) is 0 Å². The summed E-state index contributed by atoms with van der Waals surface area (Å²) in [7, 11) is 3.24. The molecule has 310 valence electrons. The van der Waals surface area contributed by atoms with E-state index in [-0.39, 0.29) is 55.6 Å². The fourth-order valence-corrected chi connectivity index (χ4v) is 10.2. The SMILES string of the molecule is COCOc1c(OC)c(C)cc2c1[C@@H]1C3Cc4c(OC(C)=O)c(C)c5c(c4[C@H](CNC(=O)Cc4ccc(O[Si](C)(C)C(C)(C)C)cc4)N3C(C#N)C(C2)N1C)OCO5. The van der Waals surface area contributed by atoms with Crippen molar-refractivity contribution in [1.82, 2.24) is 15.1 Å². The number of methoxy groups -OCH3 is 2. The molecule has 3 aromatic rings. The summed E-state index contributed by atoms with van der Waals surface area (Å²) in [5.74, 6) is 2.82. The van der Waals surface area contributed by atoms with Crippen LogP contribution in [0.15, 0.2) is 30.3 Å². The Labute approximate surface area is 342 Å². The maximum absolute atomic E-state index is 13.9. The molecule has 2 bridgehead atoms. The molecule has 1 saturated heterocycles. The number of aryl methyl sites for hydroxylation is 1. The van der Waals surface area contributed by atoms with E-state index in [2.05, 4.69) is 68.2 Å². The zero-order chi connectivity index (χ0) is 41.8. The van der Waals surface area contributed by atoms with Gasteiger partial charge in [-0.15, -0.1) is 0 Å². The minimum absolute atomic E-state index is 0.00777. The number of ether oxygens (including phenoxy) is 6. The van der Waals surface area contributed by atoms with E-state index in [1.807, 2.05) is 38.1 Å². The first-order valence-corrected chi connectivity index (χ1v) is 22.8. The number of hydrogen-bond donors (Lipinski definition) is 1. The molecule has 1 fully saturated rings. The summed E-state index contributed by atoms with van der Waals surface area (Å²) in [5.41, 5.74) is 6.00. The van der Waals surface area contributed by atoms with Crippen LogP contribution in [0.2, 0.25) is 18.1 Å². The molecular formula is C44H56N4O9Si. The van der Waals surface area contributed by atoms with Crippen LogP contribution in [-0.2, 0) is 33.6 Å². The number of nitrogens with one attached hydrogen (secondary N) is 1. The summed E-state index contributed by atoms with van der Waals surface area (Å²) >= 11 is 0. The van der Waals surface area contributed by atoms with Gasteiger partial charge in [0.2, 0.25) is 21.0 Å². The summed E-state index contributed by atoms with van der Waals surface area (Å²) in [6.07, 6.45) is 1.14. The molecule has 4 aliphatic rings. The minimum Gasteiger partial charge on any atom is -0.544 e. The van der Waals surface area contributed by atoms with Crippen LogP contribution in [0, 0.1) is 25.2 Å². The third-order valence-corrected chi connectivity index (χ3v) is 17.1. The molecule has 58 heavy (non-hydrogen) atoms. The highest BCUT2D eigenvalue weighted by Gasteiger charge is 2.57. The number of amides is 1. The Balaban J connectivity index is 1.30. The van der Waals surface area contributed by atoms with Crippen LogP contribution in [0.5, 0.6) is 34.5 Å². The van der Waals surface area contributed by atoms with E-state index in [1.165, 1.54) is 6.92 Å². The Morgan fingerprint density at radius 1 is 1.00 bits per heavy atom. The predicted molar refractivity (Wildman–Crippen MR) is 219 cm³/mol. The summed E-state index contributed by atoms with van der Waals surface area (Å²) in [6, 6.07) is 10.6. The van der Waals surface area contributed by atoms with Crippen molar-refractivity contribution in [2.24, 2.45) is 0 Å². The number of nitrogens with zero attached hydrogens (tertiary/aromatic N) is 3. The predicted octanol–water partition coefficient (Wildman–Crippen LogP) is 6.46. The van der Waals surface area contributed by atoms with E-state index in [0.717, 1.165) is 39.1 Å². The molecule has 0 saturated carbocycles. The summed E-state index contributed by atoms with van der Waals surface area (Å²) in [4.78, 5) is 31.1. The standard InChI is InChI=1S/C44H56N4O9Si/c1-24-16-28-18-31-33(20-45)48-32(38(47(31)7)36(28)42(39(24)52-9)53-22-51-8)19-30-37(43-41(54-23-55-43)25(2)40(30)56-26(3)49)34(48)21-46-35(50)17-27-12-14-29(15-13-27)57-58(10,11)44(4,5)6/h12-16,31-34,38H,17-19,21-23H2,1-11H3,(H,46,50)/t31?,32?,33?,34-,38-/m0/s1. The molecular weight excluding hydrogens is 757 g/mol. The van der Waals surface area contributed by atoms with Crippen molar-refractivity contribution in [2.75, 3.05) is 41.4 Å². The number of hydrogen-bond acceptors (Lipinski definition) is 12. The lowest BCUT2D eigenvalue weighted by molar-refractivity contribution is -0.132. The van der Waals surface area contributed by atoms with Gasteiger partial charge in [0.1, 0.15) is 17.5 Å². The van der Waals surface area contributed by atoms with Crippen molar-refractivity contribution in [3.63, 3.8) is 0 Å². The van der Waals surface area contributed by atoms with E-state index >= 15 is 0 Å². The average Bonchev–Trinajstić information content (AvgIpc) is 3.65. The highest BCUT2D eigenvalue weighted by atomic mass is 28.4. The van der Waals surface area contributed by atoms with Gasteiger partial charge in [0.25, 0.3) is 0 Å². The number of esters is 1. The van der Waals surface area contributed by atoms with Gasteiger partial charge in [0.05, 0.1) is 31.7 Å². The maximum atomic E-state index is 13.9.